The summed E-state index contributed by atoms with van der Waals surface area (Å²) in [5.74, 6) is -0.0336. The minimum Gasteiger partial charge on any atom is -0.350 e. The van der Waals surface area contributed by atoms with Crippen molar-refractivity contribution in [2.45, 2.75) is 12.5 Å². The fourth-order valence-electron chi connectivity index (χ4n) is 2.70. The van der Waals surface area contributed by atoms with Crippen molar-refractivity contribution in [2.75, 3.05) is 13.1 Å². The van der Waals surface area contributed by atoms with Crippen LogP contribution in [-0.4, -0.2) is 44.6 Å². The zero-order chi connectivity index (χ0) is 16.5. The molecule has 2 amide bonds. The molecule has 1 aliphatic heterocycles. The summed E-state index contributed by atoms with van der Waals surface area (Å²) in [5.41, 5.74) is 1.58. The molecule has 2 aromatic heterocycles. The summed E-state index contributed by atoms with van der Waals surface area (Å²) in [6.07, 6.45) is 3.81. The number of carbonyl (C=O) groups is 2. The largest absolute Gasteiger partial charge is 0.350 e. The molecule has 8 heteroatoms. The predicted octanol–water partition coefficient (Wildman–Crippen LogP) is 1.94. The maximum absolute atomic E-state index is 12.5. The van der Waals surface area contributed by atoms with E-state index in [1.807, 2.05) is 23.6 Å². The average molecular weight is 358 g/mol. The number of rotatable bonds is 4. The molecule has 0 bridgehead atoms. The van der Waals surface area contributed by atoms with Gasteiger partial charge in [0, 0.05) is 41.8 Å². The Hall–Kier alpha value is -2.32. The summed E-state index contributed by atoms with van der Waals surface area (Å²) in [5, 5.41) is 5.81. The fourth-order valence-corrected chi connectivity index (χ4v) is 3.86. The first-order valence-electron chi connectivity index (χ1n) is 7.50. The highest BCUT2D eigenvalue weighted by molar-refractivity contribution is 7.13. The van der Waals surface area contributed by atoms with E-state index in [2.05, 4.69) is 14.1 Å². The lowest BCUT2D eigenvalue weighted by Gasteiger charge is -2.39. The normalized spacial score (nSPS) is 14.6. The molecule has 0 unspecified atom stereocenters. The topological polar surface area (TPSA) is 75.2 Å². The number of hydrogen-bond donors (Lipinski definition) is 1. The molecule has 1 aromatic carbocycles. The van der Waals surface area contributed by atoms with E-state index in [-0.39, 0.29) is 17.9 Å². The number of nitrogens with zero attached hydrogens (tertiary/aromatic N) is 3. The number of hydrogen-bond acceptors (Lipinski definition) is 6. The van der Waals surface area contributed by atoms with Crippen molar-refractivity contribution in [3.8, 4) is 0 Å². The highest BCUT2D eigenvalue weighted by atomic mass is 32.1. The molecule has 0 saturated carbocycles. The molecule has 3 aromatic rings. The minimum atomic E-state index is -0.0296. The van der Waals surface area contributed by atoms with Gasteiger partial charge in [0.15, 0.2) is 0 Å². The van der Waals surface area contributed by atoms with Gasteiger partial charge in [-0.2, -0.15) is 4.37 Å². The third kappa shape index (κ3) is 3.02. The predicted molar refractivity (Wildman–Crippen MR) is 93.3 cm³/mol. The van der Waals surface area contributed by atoms with E-state index in [9.17, 15) is 9.59 Å². The highest BCUT2D eigenvalue weighted by Crippen LogP contribution is 2.21. The number of nitrogens with one attached hydrogen (secondary N) is 1. The van der Waals surface area contributed by atoms with E-state index < -0.39 is 0 Å². The zero-order valence-electron chi connectivity index (χ0n) is 12.6. The Kier molecular flexibility index (Phi) is 3.99. The summed E-state index contributed by atoms with van der Waals surface area (Å²) in [6.45, 7) is 1.10. The van der Waals surface area contributed by atoms with Crippen molar-refractivity contribution in [1.82, 2.24) is 19.0 Å². The van der Waals surface area contributed by atoms with Gasteiger partial charge >= 0.3 is 0 Å². The van der Waals surface area contributed by atoms with E-state index in [0.717, 1.165) is 15.6 Å². The molecular formula is C16H14N4O2S2. The monoisotopic (exact) mass is 358 g/mol. The molecule has 24 heavy (non-hydrogen) atoms. The van der Waals surface area contributed by atoms with E-state index >= 15 is 0 Å². The van der Waals surface area contributed by atoms with Crippen LogP contribution in [0, 0.1) is 0 Å². The van der Waals surface area contributed by atoms with Crippen LogP contribution in [0.4, 0.5) is 0 Å². The van der Waals surface area contributed by atoms with Gasteiger partial charge in [0.2, 0.25) is 5.91 Å². The molecule has 0 atom stereocenters. The number of likely N-dealkylation sites (tertiary alicyclic amines) is 1. The van der Waals surface area contributed by atoms with Crippen LogP contribution >= 0.6 is 23.1 Å². The van der Waals surface area contributed by atoms with Gasteiger partial charge in [0.1, 0.15) is 0 Å². The Morgan fingerprint density at radius 1 is 1.25 bits per heavy atom. The number of fused-ring (bicyclic) bond motifs is 1. The van der Waals surface area contributed by atoms with Crippen molar-refractivity contribution < 1.29 is 9.59 Å². The smallest absolute Gasteiger partial charge is 0.254 e. The SMILES string of the molecule is O=C(Cc1cnsc1)NC1CN(C(=O)c2ccc3sncc3c2)C1. The Morgan fingerprint density at radius 3 is 2.92 bits per heavy atom. The van der Waals surface area contributed by atoms with Crippen LogP contribution in [0.1, 0.15) is 15.9 Å². The lowest BCUT2D eigenvalue weighted by atomic mass is 10.1. The quantitative estimate of drug-likeness (QED) is 0.773. The van der Waals surface area contributed by atoms with Gasteiger partial charge < -0.3 is 10.2 Å². The molecule has 122 valence electrons. The minimum absolute atomic E-state index is 0.00404. The van der Waals surface area contributed by atoms with Crippen molar-refractivity contribution in [3.63, 3.8) is 0 Å². The van der Waals surface area contributed by atoms with Crippen LogP contribution in [0.3, 0.4) is 0 Å². The number of carbonyl (C=O) groups excluding carboxylic acids is 2. The third-order valence-corrected chi connectivity index (χ3v) is 5.40. The highest BCUT2D eigenvalue weighted by Gasteiger charge is 2.32. The summed E-state index contributed by atoms with van der Waals surface area (Å²) in [4.78, 5) is 26.2. The second kappa shape index (κ2) is 6.29. The molecule has 1 N–H and O–H groups in total. The van der Waals surface area contributed by atoms with Crippen LogP contribution in [-0.2, 0) is 11.2 Å². The van der Waals surface area contributed by atoms with E-state index in [1.54, 1.807) is 17.3 Å². The standard InChI is InChI=1S/C16H14N4O2S2/c21-15(3-10-5-17-23-9-10)19-13-7-20(8-13)16(22)11-1-2-14-12(4-11)6-18-24-14/h1-2,4-6,9,13H,3,7-8H2,(H,19,21). The fraction of sp³-hybridized carbons (Fsp3) is 0.250. The zero-order valence-corrected chi connectivity index (χ0v) is 14.3. The van der Waals surface area contributed by atoms with Crippen molar-refractivity contribution >= 4 is 45.0 Å². The van der Waals surface area contributed by atoms with Gasteiger partial charge in [-0.05, 0) is 46.8 Å². The van der Waals surface area contributed by atoms with E-state index in [1.165, 1.54) is 23.1 Å². The summed E-state index contributed by atoms with van der Waals surface area (Å²) >= 11 is 2.76. The Labute approximate surface area is 146 Å². The first-order chi connectivity index (χ1) is 11.7. The molecule has 1 aliphatic rings. The lowest BCUT2D eigenvalue weighted by Crippen LogP contribution is -2.61. The molecular weight excluding hydrogens is 344 g/mol. The Balaban J connectivity index is 1.31. The number of aromatic nitrogens is 2. The summed E-state index contributed by atoms with van der Waals surface area (Å²) < 4.78 is 9.17. The van der Waals surface area contributed by atoms with Crippen LogP contribution in [0.2, 0.25) is 0 Å². The maximum Gasteiger partial charge on any atom is 0.254 e. The average Bonchev–Trinajstić information content (AvgIpc) is 3.20. The Morgan fingerprint density at radius 2 is 2.12 bits per heavy atom. The molecule has 3 heterocycles. The van der Waals surface area contributed by atoms with Crippen LogP contribution in [0.5, 0.6) is 0 Å². The van der Waals surface area contributed by atoms with E-state index in [0.29, 0.717) is 25.1 Å². The number of amides is 2. The first-order valence-corrected chi connectivity index (χ1v) is 9.11. The lowest BCUT2D eigenvalue weighted by molar-refractivity contribution is -0.122. The van der Waals surface area contributed by atoms with Crippen LogP contribution < -0.4 is 5.32 Å². The van der Waals surface area contributed by atoms with Crippen LogP contribution in [0.15, 0.2) is 36.0 Å². The molecule has 1 fully saturated rings. The molecule has 6 nitrogen and oxygen atoms in total. The molecule has 0 spiro atoms. The second-order valence-electron chi connectivity index (χ2n) is 5.76. The molecule has 0 aliphatic carbocycles. The van der Waals surface area contributed by atoms with E-state index in [4.69, 9.17) is 0 Å². The van der Waals surface area contributed by atoms with Gasteiger partial charge in [-0.15, -0.1) is 0 Å². The molecule has 4 rings (SSSR count). The van der Waals surface area contributed by atoms with Gasteiger partial charge in [0.05, 0.1) is 17.2 Å². The summed E-state index contributed by atoms with van der Waals surface area (Å²) in [6, 6.07) is 5.66. The summed E-state index contributed by atoms with van der Waals surface area (Å²) in [7, 11) is 0. The van der Waals surface area contributed by atoms with Crippen molar-refractivity contribution in [2.24, 2.45) is 0 Å². The second-order valence-corrected chi connectivity index (χ2v) is 7.25. The van der Waals surface area contributed by atoms with Crippen LogP contribution in [0.25, 0.3) is 10.1 Å². The van der Waals surface area contributed by atoms with Crippen molar-refractivity contribution in [3.05, 3.63) is 47.1 Å². The van der Waals surface area contributed by atoms with Gasteiger partial charge in [-0.25, -0.2) is 4.37 Å². The first kappa shape index (κ1) is 15.2. The van der Waals surface area contributed by atoms with Gasteiger partial charge in [-0.1, -0.05) is 0 Å². The van der Waals surface area contributed by atoms with Gasteiger partial charge in [0.25, 0.3) is 5.91 Å². The third-order valence-electron chi connectivity index (χ3n) is 3.98. The maximum atomic E-state index is 12.5. The number of benzene rings is 1. The molecule has 1 saturated heterocycles. The van der Waals surface area contributed by atoms with Crippen molar-refractivity contribution in [1.29, 1.82) is 0 Å². The Bertz CT molecular complexity index is 885. The van der Waals surface area contributed by atoms with Gasteiger partial charge in [-0.3, -0.25) is 9.59 Å². The molecule has 0 radical (unpaired) electrons.